The van der Waals surface area contributed by atoms with Crippen molar-refractivity contribution >= 4 is 44.6 Å². The molecule has 33 heavy (non-hydrogen) atoms. The summed E-state index contributed by atoms with van der Waals surface area (Å²) >= 11 is 9.72. The lowest BCUT2D eigenvalue weighted by Crippen LogP contribution is -2.29. The minimum Gasteiger partial charge on any atom is -0.318 e. The molecule has 0 aliphatic carbocycles. The van der Waals surface area contributed by atoms with Crippen LogP contribution in [0.3, 0.4) is 0 Å². The molecular weight excluding hydrogens is 500 g/mol. The van der Waals surface area contributed by atoms with Crippen LogP contribution in [0.1, 0.15) is 49.1 Å². The molecule has 0 atom stereocenters. The molecular formula is C26H26BrClN4O. The molecule has 0 saturated heterocycles. The van der Waals surface area contributed by atoms with Crippen LogP contribution in [0.4, 0.5) is 0 Å². The van der Waals surface area contributed by atoms with Gasteiger partial charge < -0.3 is 4.57 Å². The summed E-state index contributed by atoms with van der Waals surface area (Å²) in [5.74, 6) is 0.609. The maximum absolute atomic E-state index is 13.4. The fourth-order valence-electron chi connectivity index (χ4n) is 3.97. The molecule has 170 valence electrons. The monoisotopic (exact) mass is 524 g/mol. The van der Waals surface area contributed by atoms with E-state index in [0.29, 0.717) is 21.7 Å². The summed E-state index contributed by atoms with van der Waals surface area (Å²) in [6.45, 7) is 12.2. The van der Waals surface area contributed by atoms with Crippen molar-refractivity contribution in [3.63, 3.8) is 0 Å². The van der Waals surface area contributed by atoms with E-state index in [0.717, 1.165) is 32.7 Å². The molecule has 5 nitrogen and oxygen atoms in total. The number of rotatable bonds is 3. The summed E-state index contributed by atoms with van der Waals surface area (Å²) in [4.78, 5) is 18.2. The highest BCUT2D eigenvalue weighted by molar-refractivity contribution is 9.10. The van der Waals surface area contributed by atoms with Crippen LogP contribution >= 0.6 is 27.5 Å². The second kappa shape index (κ2) is 8.58. The highest BCUT2D eigenvalue weighted by Gasteiger charge is 2.23. The summed E-state index contributed by atoms with van der Waals surface area (Å²) in [6.07, 6.45) is 1.74. The number of aryl methyl sites for hydroxylation is 2. The minimum absolute atomic E-state index is 0.193. The Hall–Kier alpha value is -2.70. The molecule has 0 spiro atoms. The van der Waals surface area contributed by atoms with Gasteiger partial charge in [0.25, 0.3) is 5.56 Å². The first-order chi connectivity index (χ1) is 15.5. The first-order valence-corrected chi connectivity index (χ1v) is 11.9. The molecule has 0 bridgehead atoms. The van der Waals surface area contributed by atoms with Crippen LogP contribution in [0.2, 0.25) is 5.02 Å². The third-order valence-corrected chi connectivity index (χ3v) is 6.40. The van der Waals surface area contributed by atoms with Crippen LogP contribution in [0, 0.1) is 20.8 Å². The Labute approximate surface area is 206 Å². The van der Waals surface area contributed by atoms with Crippen LogP contribution in [-0.4, -0.2) is 20.4 Å². The zero-order valence-corrected chi connectivity index (χ0v) is 21.9. The molecule has 4 rings (SSSR count). The molecule has 0 amide bonds. The molecule has 0 saturated carbocycles. The number of benzene rings is 2. The standard InChI is InChI=1S/C26H26BrClN4O/c1-15-7-9-20(28)13-23(15)31-16(2)11-18(17(31)3)14-29-32-24(33)21-12-19(27)8-10-22(21)30-25(32)26(4,5)6/h7-14H,1-6H3. The van der Waals surface area contributed by atoms with E-state index in [9.17, 15) is 4.79 Å². The van der Waals surface area contributed by atoms with E-state index in [1.807, 2.05) is 65.0 Å². The Morgan fingerprint density at radius 1 is 1.06 bits per heavy atom. The van der Waals surface area contributed by atoms with Crippen molar-refractivity contribution in [2.24, 2.45) is 5.10 Å². The molecule has 2 heterocycles. The number of fused-ring (bicyclic) bond motifs is 1. The summed E-state index contributed by atoms with van der Waals surface area (Å²) in [7, 11) is 0. The Morgan fingerprint density at radius 3 is 2.48 bits per heavy atom. The summed E-state index contributed by atoms with van der Waals surface area (Å²) in [5, 5.41) is 5.84. The lowest BCUT2D eigenvalue weighted by Gasteiger charge is -2.20. The number of hydrogen-bond donors (Lipinski definition) is 0. The third kappa shape index (κ3) is 4.42. The molecule has 0 N–H and O–H groups in total. The van der Waals surface area contributed by atoms with Crippen LogP contribution in [-0.2, 0) is 5.41 Å². The maximum atomic E-state index is 13.4. The number of aromatic nitrogens is 3. The quantitative estimate of drug-likeness (QED) is 0.279. The molecule has 7 heteroatoms. The van der Waals surface area contributed by atoms with Gasteiger partial charge in [0.05, 0.1) is 17.1 Å². The zero-order valence-electron chi connectivity index (χ0n) is 19.6. The van der Waals surface area contributed by atoms with Crippen molar-refractivity contribution in [3.8, 4) is 5.69 Å². The second-order valence-electron chi connectivity index (χ2n) is 9.30. The van der Waals surface area contributed by atoms with Crippen molar-refractivity contribution < 1.29 is 0 Å². The molecule has 0 fully saturated rings. The van der Waals surface area contributed by atoms with E-state index in [4.69, 9.17) is 16.6 Å². The Kier molecular flexibility index (Phi) is 6.10. The predicted molar refractivity (Wildman–Crippen MR) is 140 cm³/mol. The summed E-state index contributed by atoms with van der Waals surface area (Å²) in [6, 6.07) is 13.5. The number of hydrogen-bond acceptors (Lipinski definition) is 3. The van der Waals surface area contributed by atoms with Gasteiger partial charge in [0, 0.05) is 37.5 Å². The first kappa shape index (κ1) is 23.5. The molecule has 2 aromatic heterocycles. The van der Waals surface area contributed by atoms with Gasteiger partial charge in [0.1, 0.15) is 5.82 Å². The van der Waals surface area contributed by atoms with E-state index in [-0.39, 0.29) is 11.0 Å². The van der Waals surface area contributed by atoms with E-state index < -0.39 is 0 Å². The third-order valence-electron chi connectivity index (χ3n) is 5.67. The molecule has 2 aromatic carbocycles. The smallest absolute Gasteiger partial charge is 0.282 e. The van der Waals surface area contributed by atoms with Crippen LogP contribution in [0.25, 0.3) is 16.6 Å². The van der Waals surface area contributed by atoms with E-state index in [2.05, 4.69) is 38.6 Å². The number of nitrogens with zero attached hydrogens (tertiary/aromatic N) is 4. The zero-order chi connectivity index (χ0) is 24.1. The summed E-state index contributed by atoms with van der Waals surface area (Å²) < 4.78 is 4.41. The van der Waals surface area contributed by atoms with Crippen molar-refractivity contribution in [2.75, 3.05) is 0 Å². The molecule has 0 unspecified atom stereocenters. The van der Waals surface area contributed by atoms with Gasteiger partial charge in [-0.25, -0.2) is 4.98 Å². The van der Waals surface area contributed by atoms with Crippen molar-refractivity contribution in [1.82, 2.24) is 14.2 Å². The first-order valence-electron chi connectivity index (χ1n) is 10.7. The number of halogens is 2. The summed E-state index contributed by atoms with van der Waals surface area (Å²) in [5.41, 5.74) is 5.25. The fraction of sp³-hybridized carbons (Fsp3) is 0.269. The molecule has 0 radical (unpaired) electrons. The Bertz CT molecular complexity index is 1470. The van der Waals surface area contributed by atoms with Gasteiger partial charge in [0.15, 0.2) is 0 Å². The van der Waals surface area contributed by atoms with Gasteiger partial charge in [-0.1, -0.05) is 54.4 Å². The average Bonchev–Trinajstić information content (AvgIpc) is 3.01. The van der Waals surface area contributed by atoms with Crippen LogP contribution < -0.4 is 5.56 Å². The fourth-order valence-corrected chi connectivity index (χ4v) is 4.50. The van der Waals surface area contributed by atoms with Crippen molar-refractivity contribution in [3.05, 3.63) is 90.7 Å². The van der Waals surface area contributed by atoms with Crippen LogP contribution in [0.5, 0.6) is 0 Å². The van der Waals surface area contributed by atoms with Gasteiger partial charge in [-0.05, 0) is 62.7 Å². The second-order valence-corrected chi connectivity index (χ2v) is 10.7. The highest BCUT2D eigenvalue weighted by Crippen LogP contribution is 2.26. The van der Waals surface area contributed by atoms with Crippen molar-refractivity contribution in [2.45, 2.75) is 47.0 Å². The highest BCUT2D eigenvalue weighted by atomic mass is 79.9. The molecule has 0 aliphatic heterocycles. The lowest BCUT2D eigenvalue weighted by molar-refractivity contribution is 0.506. The minimum atomic E-state index is -0.368. The van der Waals surface area contributed by atoms with Crippen molar-refractivity contribution in [1.29, 1.82) is 0 Å². The van der Waals surface area contributed by atoms with Gasteiger partial charge in [0.2, 0.25) is 0 Å². The molecule has 4 aromatic rings. The molecule has 0 aliphatic rings. The van der Waals surface area contributed by atoms with E-state index >= 15 is 0 Å². The maximum Gasteiger partial charge on any atom is 0.282 e. The SMILES string of the molecule is Cc1ccc(Cl)cc1-n1c(C)cc(C=Nn2c(C(C)(C)C)nc3ccc(Br)cc3c2=O)c1C. The topological polar surface area (TPSA) is 52.2 Å². The Balaban J connectivity index is 1.88. The van der Waals surface area contributed by atoms with E-state index in [1.54, 1.807) is 12.3 Å². The van der Waals surface area contributed by atoms with Gasteiger partial charge >= 0.3 is 0 Å². The largest absolute Gasteiger partial charge is 0.318 e. The Morgan fingerprint density at radius 2 is 1.79 bits per heavy atom. The predicted octanol–water partition coefficient (Wildman–Crippen LogP) is 6.71. The van der Waals surface area contributed by atoms with Gasteiger partial charge in [-0.3, -0.25) is 4.79 Å². The van der Waals surface area contributed by atoms with Gasteiger partial charge in [-0.15, -0.1) is 0 Å². The van der Waals surface area contributed by atoms with Crippen LogP contribution in [0.15, 0.2) is 56.8 Å². The van der Waals surface area contributed by atoms with Gasteiger partial charge in [-0.2, -0.15) is 9.78 Å². The lowest BCUT2D eigenvalue weighted by atomic mass is 9.95. The normalized spacial score (nSPS) is 12.2. The average molecular weight is 526 g/mol. The van der Waals surface area contributed by atoms with E-state index in [1.165, 1.54) is 4.68 Å².